The molecule has 0 aromatic carbocycles. The molecule has 0 radical (unpaired) electrons. The molecule has 1 heterocycles. The van der Waals surface area contributed by atoms with Gasteiger partial charge in [0.2, 0.25) is 0 Å². The minimum atomic E-state index is -4.01. The summed E-state index contributed by atoms with van der Waals surface area (Å²) in [7, 11) is -8.01. The van der Waals surface area contributed by atoms with Crippen LogP contribution in [-0.2, 0) is 32.1 Å². The van der Waals surface area contributed by atoms with Crippen molar-refractivity contribution in [1.82, 2.24) is 0 Å². The Morgan fingerprint density at radius 3 is 1.73 bits per heavy atom. The molecule has 0 bridgehead atoms. The average molecular weight is 413 g/mol. The minimum Gasteiger partial charge on any atom is -0.363 e. The molecule has 0 aliphatic carbocycles. The van der Waals surface area contributed by atoms with Crippen LogP contribution in [0.15, 0.2) is 5.16 Å². The molecule has 10 heteroatoms. The van der Waals surface area contributed by atoms with Crippen molar-refractivity contribution >= 4 is 20.9 Å². The van der Waals surface area contributed by atoms with E-state index < -0.39 is 20.3 Å². The zero-order chi connectivity index (χ0) is 19.7. The van der Waals surface area contributed by atoms with Crippen LogP contribution in [0.2, 0.25) is 0 Å². The van der Waals surface area contributed by atoms with Gasteiger partial charge >= 0.3 is 20.3 Å². The smallest absolute Gasteiger partial charge is 0.363 e. The van der Waals surface area contributed by atoms with E-state index in [-0.39, 0.29) is 32.8 Å². The van der Waals surface area contributed by atoms with Crippen LogP contribution in [0, 0.1) is 0 Å². The third kappa shape index (κ3) is 4.98. The lowest BCUT2D eigenvalue weighted by molar-refractivity contribution is 0.0382. The molecule has 8 nitrogen and oxygen atoms in total. The molecule has 0 amide bonds. The lowest BCUT2D eigenvalue weighted by Gasteiger charge is -2.37. The van der Waals surface area contributed by atoms with E-state index in [1.54, 1.807) is 27.7 Å². The van der Waals surface area contributed by atoms with Gasteiger partial charge in [-0.15, -0.1) is 0 Å². The Kier molecular flexibility index (Phi) is 10.0. The third-order valence-electron chi connectivity index (χ3n) is 3.88. The molecular weight excluding hydrogens is 380 g/mol. The maximum Gasteiger partial charge on any atom is 0.389 e. The molecule has 1 rings (SSSR count). The number of hydrogen-bond donors (Lipinski definition) is 0. The summed E-state index contributed by atoms with van der Waals surface area (Å²) in [5.74, 6) is 0. The van der Waals surface area contributed by atoms with Gasteiger partial charge in [0.15, 0.2) is 0 Å². The van der Waals surface area contributed by atoms with E-state index >= 15 is 0 Å². The van der Waals surface area contributed by atoms with Gasteiger partial charge in [0, 0.05) is 0 Å². The second-order valence-electron chi connectivity index (χ2n) is 5.79. The van der Waals surface area contributed by atoms with Gasteiger partial charge in [-0.05, 0) is 40.5 Å². The highest BCUT2D eigenvalue weighted by molar-refractivity contribution is 7.74. The summed E-state index contributed by atoms with van der Waals surface area (Å²) in [4.78, 5) is 5.59. The quantitative estimate of drug-likeness (QED) is 0.273. The van der Waals surface area contributed by atoms with Gasteiger partial charge in [0.25, 0.3) is 0 Å². The summed E-state index contributed by atoms with van der Waals surface area (Å²) >= 11 is 0. The van der Waals surface area contributed by atoms with E-state index in [4.69, 9.17) is 22.9 Å². The highest BCUT2D eigenvalue weighted by atomic mass is 31.2. The van der Waals surface area contributed by atoms with Crippen molar-refractivity contribution in [2.24, 2.45) is 5.16 Å². The lowest BCUT2D eigenvalue weighted by Crippen LogP contribution is -2.33. The van der Waals surface area contributed by atoms with E-state index in [0.717, 1.165) is 19.3 Å². The molecule has 0 fully saturated rings. The van der Waals surface area contributed by atoms with Gasteiger partial charge in [0.05, 0.1) is 38.6 Å². The van der Waals surface area contributed by atoms with Crippen molar-refractivity contribution in [3.05, 3.63) is 0 Å². The molecule has 0 aromatic rings. The van der Waals surface area contributed by atoms with Gasteiger partial charge in [-0.2, -0.15) is 0 Å². The summed E-state index contributed by atoms with van der Waals surface area (Å²) in [5, 5.41) is 2.17. The fourth-order valence-corrected chi connectivity index (χ4v) is 8.03. The molecule has 26 heavy (non-hydrogen) atoms. The van der Waals surface area contributed by atoms with Crippen molar-refractivity contribution in [2.45, 2.75) is 71.8 Å². The fraction of sp³-hybridized carbons (Fsp3) is 0.938. The Morgan fingerprint density at radius 1 is 0.885 bits per heavy atom. The van der Waals surface area contributed by atoms with Gasteiger partial charge < -0.3 is 22.9 Å². The molecular formula is C16H33NO7P2. The zero-order valence-corrected chi connectivity index (χ0v) is 18.4. The molecule has 0 spiro atoms. The largest absolute Gasteiger partial charge is 0.389 e. The third-order valence-corrected chi connectivity index (χ3v) is 9.93. The van der Waals surface area contributed by atoms with Crippen LogP contribution in [0.4, 0.5) is 0 Å². The highest BCUT2D eigenvalue weighted by Crippen LogP contribution is 2.80. The Hall–Kier alpha value is -0.230. The van der Waals surface area contributed by atoms with Crippen LogP contribution >= 0.6 is 15.2 Å². The SMILES string of the molecule is CCCCCC1=NOC(P(=O)(OCC)OCC)(P(=O)(OCC)OCC)C1. The molecule has 0 saturated carbocycles. The predicted molar refractivity (Wildman–Crippen MR) is 102 cm³/mol. The maximum atomic E-state index is 13.6. The standard InChI is InChI=1S/C16H33NO7P2/c1-6-11-12-13-15-14-16(24-17-15,25(18,20-7-2)21-8-3)26(19,22-9-4)23-10-5/h6-14H2,1-5H3. The van der Waals surface area contributed by atoms with Crippen molar-refractivity contribution in [3.8, 4) is 0 Å². The first-order valence-electron chi connectivity index (χ1n) is 9.40. The topological polar surface area (TPSA) is 92.7 Å². The molecule has 0 saturated heterocycles. The highest BCUT2D eigenvalue weighted by Gasteiger charge is 2.71. The molecule has 0 atom stereocenters. The van der Waals surface area contributed by atoms with Crippen molar-refractivity contribution in [3.63, 3.8) is 0 Å². The second-order valence-corrected chi connectivity index (χ2v) is 10.6. The lowest BCUT2D eigenvalue weighted by atomic mass is 10.1. The van der Waals surface area contributed by atoms with Crippen molar-refractivity contribution in [1.29, 1.82) is 0 Å². The summed E-state index contributed by atoms with van der Waals surface area (Å²) in [6, 6.07) is 0. The summed E-state index contributed by atoms with van der Waals surface area (Å²) < 4.78 is 49.2. The molecule has 1 aliphatic heterocycles. The molecule has 0 N–H and O–H groups in total. The van der Waals surface area contributed by atoms with Gasteiger partial charge in [-0.25, -0.2) is 0 Å². The Balaban J connectivity index is 3.30. The van der Waals surface area contributed by atoms with Crippen LogP contribution in [-0.4, -0.2) is 37.2 Å². The normalized spacial score (nSPS) is 17.2. The summed E-state index contributed by atoms with van der Waals surface area (Å²) in [5.41, 5.74) is 0.665. The van der Waals surface area contributed by atoms with Gasteiger partial charge in [0.1, 0.15) is 0 Å². The van der Waals surface area contributed by atoms with E-state index in [1.165, 1.54) is 0 Å². The predicted octanol–water partition coefficient (Wildman–Crippen LogP) is 5.53. The first kappa shape index (κ1) is 23.8. The van der Waals surface area contributed by atoms with Crippen LogP contribution < -0.4 is 0 Å². The van der Waals surface area contributed by atoms with E-state index in [2.05, 4.69) is 12.1 Å². The van der Waals surface area contributed by atoms with Crippen LogP contribution in [0.3, 0.4) is 0 Å². The van der Waals surface area contributed by atoms with Crippen molar-refractivity contribution in [2.75, 3.05) is 26.4 Å². The van der Waals surface area contributed by atoms with Crippen LogP contribution in [0.25, 0.3) is 0 Å². The number of oxime groups is 1. The first-order chi connectivity index (χ1) is 12.4. The van der Waals surface area contributed by atoms with E-state index in [9.17, 15) is 9.13 Å². The Morgan fingerprint density at radius 2 is 1.35 bits per heavy atom. The zero-order valence-electron chi connectivity index (χ0n) is 16.6. The Bertz CT molecular complexity index is 503. The molecule has 0 aromatic heterocycles. The first-order valence-corrected chi connectivity index (χ1v) is 12.5. The van der Waals surface area contributed by atoms with E-state index in [1.807, 2.05) is 0 Å². The molecule has 1 aliphatic rings. The minimum absolute atomic E-state index is 0.0330. The summed E-state index contributed by atoms with van der Waals surface area (Å²) in [6.45, 7) is 9.25. The average Bonchev–Trinajstić information content (AvgIpc) is 3.03. The van der Waals surface area contributed by atoms with Gasteiger partial charge in [-0.1, -0.05) is 24.9 Å². The van der Waals surface area contributed by atoms with E-state index in [0.29, 0.717) is 12.1 Å². The number of unbranched alkanes of at least 4 members (excludes halogenated alkanes) is 2. The Labute approximate surface area is 157 Å². The van der Waals surface area contributed by atoms with Crippen LogP contribution in [0.5, 0.6) is 0 Å². The molecule has 0 unspecified atom stereocenters. The number of hydrogen-bond acceptors (Lipinski definition) is 8. The monoisotopic (exact) mass is 413 g/mol. The fourth-order valence-electron chi connectivity index (χ4n) is 2.78. The second kappa shape index (κ2) is 10.9. The van der Waals surface area contributed by atoms with Crippen molar-refractivity contribution < 1.29 is 32.1 Å². The maximum absolute atomic E-state index is 13.6. The van der Waals surface area contributed by atoms with Gasteiger partial charge in [-0.3, -0.25) is 9.13 Å². The summed E-state index contributed by atoms with van der Waals surface area (Å²) in [6.07, 6.45) is 3.70. The van der Waals surface area contributed by atoms with Crippen LogP contribution in [0.1, 0.15) is 66.7 Å². The number of nitrogens with zero attached hydrogens (tertiary/aromatic N) is 1. The number of rotatable bonds is 14. The molecule has 154 valence electrons.